The van der Waals surface area contributed by atoms with E-state index in [9.17, 15) is 9.59 Å². The average molecular weight is 435 g/mol. The first-order chi connectivity index (χ1) is 15.2. The maximum atomic E-state index is 12.2. The largest absolute Gasteiger partial charge is 0.467 e. The number of thioether (sulfide) groups is 1. The van der Waals surface area contributed by atoms with Crippen LogP contribution in [0.15, 0.2) is 82.6 Å². The molecule has 0 radical (unpaired) electrons. The topological polar surface area (TPSA) is 89.2 Å². The van der Waals surface area contributed by atoms with Crippen LogP contribution in [0.3, 0.4) is 0 Å². The highest BCUT2D eigenvalue weighted by molar-refractivity contribution is 7.99. The van der Waals surface area contributed by atoms with Crippen LogP contribution in [-0.4, -0.2) is 27.2 Å². The van der Waals surface area contributed by atoms with Crippen LogP contribution in [0.5, 0.6) is 0 Å². The van der Waals surface area contributed by atoms with E-state index in [1.807, 2.05) is 42.5 Å². The van der Waals surface area contributed by atoms with E-state index in [-0.39, 0.29) is 18.2 Å². The van der Waals surface area contributed by atoms with Gasteiger partial charge in [0, 0.05) is 6.54 Å². The molecule has 4 aromatic rings. The third kappa shape index (κ3) is 5.55. The van der Waals surface area contributed by atoms with Gasteiger partial charge in [0.25, 0.3) is 0 Å². The van der Waals surface area contributed by atoms with E-state index in [1.54, 1.807) is 12.1 Å². The van der Waals surface area contributed by atoms with Crippen molar-refractivity contribution in [3.05, 3.63) is 84.3 Å². The lowest BCUT2D eigenvalue weighted by Crippen LogP contribution is -2.39. The maximum Gasteiger partial charge on any atom is 0.321 e. The van der Waals surface area contributed by atoms with Crippen molar-refractivity contribution in [3.8, 4) is 0 Å². The molecule has 0 fully saturated rings. The lowest BCUT2D eigenvalue weighted by Gasteiger charge is -2.09. The van der Waals surface area contributed by atoms with E-state index in [2.05, 4.69) is 32.3 Å². The fourth-order valence-electron chi connectivity index (χ4n) is 3.18. The molecule has 0 atom stereocenters. The molecular formula is C23H22N4O3S. The minimum atomic E-state index is -0.556. The molecule has 31 heavy (non-hydrogen) atoms. The smallest absolute Gasteiger partial charge is 0.321 e. The highest BCUT2D eigenvalue weighted by atomic mass is 32.2. The number of amides is 3. The zero-order valence-corrected chi connectivity index (χ0v) is 17.6. The van der Waals surface area contributed by atoms with E-state index < -0.39 is 6.03 Å². The number of nitrogens with zero attached hydrogens (tertiary/aromatic N) is 2. The summed E-state index contributed by atoms with van der Waals surface area (Å²) in [7, 11) is 0. The third-order valence-electron chi connectivity index (χ3n) is 4.68. The number of furan rings is 1. The number of carbonyl (C=O) groups is 2. The van der Waals surface area contributed by atoms with Crippen LogP contribution >= 0.6 is 11.8 Å². The molecule has 158 valence electrons. The van der Waals surface area contributed by atoms with Gasteiger partial charge in [0.05, 0.1) is 29.6 Å². The van der Waals surface area contributed by atoms with Crippen LogP contribution in [-0.2, 0) is 24.3 Å². The van der Waals surface area contributed by atoms with E-state index in [0.717, 1.165) is 29.2 Å². The van der Waals surface area contributed by atoms with Crippen LogP contribution < -0.4 is 10.6 Å². The first-order valence-electron chi connectivity index (χ1n) is 9.91. The molecule has 2 heterocycles. The van der Waals surface area contributed by atoms with Crippen molar-refractivity contribution in [3.63, 3.8) is 0 Å². The van der Waals surface area contributed by atoms with Gasteiger partial charge < -0.3 is 14.3 Å². The Hall–Kier alpha value is -3.52. The molecule has 0 aliphatic rings. The number of hydrogen-bond donors (Lipinski definition) is 2. The molecule has 0 aliphatic heterocycles. The molecule has 0 bridgehead atoms. The normalized spacial score (nSPS) is 10.8. The molecule has 3 amide bonds. The van der Waals surface area contributed by atoms with Crippen molar-refractivity contribution in [2.24, 2.45) is 0 Å². The molecule has 0 aliphatic carbocycles. The SMILES string of the molecule is O=C(CSc1nc2ccccc2n1CCc1ccccc1)NC(=O)NCc1ccco1. The number of fused-ring (bicyclic) bond motifs is 1. The molecule has 0 unspecified atom stereocenters. The summed E-state index contributed by atoms with van der Waals surface area (Å²) < 4.78 is 7.27. The maximum absolute atomic E-state index is 12.2. The fraction of sp³-hybridized carbons (Fsp3) is 0.174. The number of rotatable bonds is 8. The van der Waals surface area contributed by atoms with E-state index in [4.69, 9.17) is 4.42 Å². The summed E-state index contributed by atoms with van der Waals surface area (Å²) in [5.74, 6) is 0.316. The predicted molar refractivity (Wildman–Crippen MR) is 120 cm³/mol. The van der Waals surface area contributed by atoms with Gasteiger partial charge in [-0.3, -0.25) is 10.1 Å². The molecule has 2 aromatic carbocycles. The number of aromatic nitrogens is 2. The summed E-state index contributed by atoms with van der Waals surface area (Å²) >= 11 is 1.32. The number of imide groups is 1. The number of hydrogen-bond acceptors (Lipinski definition) is 5. The Morgan fingerprint density at radius 3 is 2.61 bits per heavy atom. The molecule has 0 spiro atoms. The Labute approximate surface area is 183 Å². The summed E-state index contributed by atoms with van der Waals surface area (Å²) in [5.41, 5.74) is 3.15. The summed E-state index contributed by atoms with van der Waals surface area (Å²) in [6.45, 7) is 0.965. The zero-order valence-electron chi connectivity index (χ0n) is 16.8. The van der Waals surface area contributed by atoms with Crippen molar-refractivity contribution in [1.82, 2.24) is 20.2 Å². The second kappa shape index (κ2) is 9.99. The predicted octanol–water partition coefficient (Wildman–Crippen LogP) is 3.99. The molecule has 0 saturated carbocycles. The summed E-state index contributed by atoms with van der Waals surface area (Å²) in [6, 6.07) is 21.1. The van der Waals surface area contributed by atoms with Crippen molar-refractivity contribution in [2.75, 3.05) is 5.75 Å². The second-order valence-electron chi connectivity index (χ2n) is 6.87. The van der Waals surface area contributed by atoms with Gasteiger partial charge in [-0.15, -0.1) is 0 Å². The molecule has 0 saturated heterocycles. The molecule has 8 heteroatoms. The quantitative estimate of drug-likeness (QED) is 0.409. The number of benzene rings is 2. The average Bonchev–Trinajstić information content (AvgIpc) is 3.43. The minimum Gasteiger partial charge on any atom is -0.467 e. The zero-order chi connectivity index (χ0) is 21.5. The molecule has 2 N–H and O–H groups in total. The van der Waals surface area contributed by atoms with Crippen molar-refractivity contribution < 1.29 is 14.0 Å². The van der Waals surface area contributed by atoms with E-state index >= 15 is 0 Å². The van der Waals surface area contributed by atoms with Gasteiger partial charge in [0.2, 0.25) is 5.91 Å². The highest BCUT2D eigenvalue weighted by Gasteiger charge is 2.14. The van der Waals surface area contributed by atoms with Crippen molar-refractivity contribution in [1.29, 1.82) is 0 Å². The van der Waals surface area contributed by atoms with Crippen LogP contribution in [0.2, 0.25) is 0 Å². The van der Waals surface area contributed by atoms with Gasteiger partial charge in [-0.25, -0.2) is 9.78 Å². The first kappa shape index (κ1) is 20.7. The number of urea groups is 1. The Bertz CT molecular complexity index is 1160. The number of carbonyl (C=O) groups excluding carboxylic acids is 2. The van der Waals surface area contributed by atoms with Gasteiger partial charge in [0.15, 0.2) is 5.16 Å². The van der Waals surface area contributed by atoms with Crippen LogP contribution in [0.4, 0.5) is 4.79 Å². The third-order valence-corrected chi connectivity index (χ3v) is 5.65. The van der Waals surface area contributed by atoms with Gasteiger partial charge in [-0.1, -0.05) is 54.2 Å². The van der Waals surface area contributed by atoms with Gasteiger partial charge >= 0.3 is 6.03 Å². The summed E-state index contributed by atoms with van der Waals surface area (Å²) in [6.07, 6.45) is 2.39. The van der Waals surface area contributed by atoms with Crippen molar-refractivity contribution in [2.45, 2.75) is 24.7 Å². The second-order valence-corrected chi connectivity index (χ2v) is 7.81. The first-order valence-corrected chi connectivity index (χ1v) is 10.9. The fourth-order valence-corrected chi connectivity index (χ4v) is 4.02. The Morgan fingerprint density at radius 2 is 1.81 bits per heavy atom. The Balaban J connectivity index is 1.37. The number of aryl methyl sites for hydroxylation is 2. The number of para-hydroxylation sites is 2. The van der Waals surface area contributed by atoms with Crippen LogP contribution in [0.25, 0.3) is 11.0 Å². The molecule has 2 aromatic heterocycles. The van der Waals surface area contributed by atoms with Gasteiger partial charge in [0.1, 0.15) is 5.76 Å². The minimum absolute atomic E-state index is 0.0861. The summed E-state index contributed by atoms with van der Waals surface area (Å²) in [4.78, 5) is 28.8. The molecule has 7 nitrogen and oxygen atoms in total. The van der Waals surface area contributed by atoms with Crippen molar-refractivity contribution >= 4 is 34.7 Å². The Kier molecular flexibility index (Phi) is 6.68. The highest BCUT2D eigenvalue weighted by Crippen LogP contribution is 2.24. The molecule has 4 rings (SSSR count). The number of nitrogens with one attached hydrogen (secondary N) is 2. The van der Waals surface area contributed by atoms with Crippen LogP contribution in [0.1, 0.15) is 11.3 Å². The van der Waals surface area contributed by atoms with Gasteiger partial charge in [-0.05, 0) is 36.2 Å². The van der Waals surface area contributed by atoms with E-state index in [1.165, 1.54) is 23.6 Å². The summed E-state index contributed by atoms with van der Waals surface area (Å²) in [5, 5.41) is 5.68. The molecular weight excluding hydrogens is 412 g/mol. The van der Waals surface area contributed by atoms with E-state index in [0.29, 0.717) is 5.76 Å². The lowest BCUT2D eigenvalue weighted by atomic mass is 10.1. The lowest BCUT2D eigenvalue weighted by molar-refractivity contribution is -0.117. The van der Waals surface area contributed by atoms with Crippen LogP contribution in [0, 0.1) is 0 Å². The number of imidazole rings is 1. The van der Waals surface area contributed by atoms with Gasteiger partial charge in [-0.2, -0.15) is 0 Å². The monoisotopic (exact) mass is 434 g/mol. The Morgan fingerprint density at radius 1 is 1.00 bits per heavy atom. The standard InChI is InChI=1S/C23H22N4O3S/c28-21(26-22(29)24-15-18-9-6-14-30-18)16-31-23-25-19-10-4-5-11-20(19)27(23)13-12-17-7-2-1-3-8-17/h1-11,14H,12-13,15-16H2,(H2,24,26,28,29).